The first kappa shape index (κ1) is 24.0. The molecule has 0 fully saturated rings. The van der Waals surface area contributed by atoms with Crippen LogP contribution in [-0.2, 0) is 21.4 Å². The summed E-state index contributed by atoms with van der Waals surface area (Å²) in [6.07, 6.45) is 2.04. The maximum absolute atomic E-state index is 13.9. The Balaban J connectivity index is 1.81. The van der Waals surface area contributed by atoms with Crippen molar-refractivity contribution in [3.63, 3.8) is 0 Å². The first-order chi connectivity index (χ1) is 17.3. The number of ether oxygens (including phenoxy) is 2. The third kappa shape index (κ3) is 4.13. The zero-order valence-corrected chi connectivity index (χ0v) is 21.0. The molecule has 3 aromatic carbocycles. The number of aryl methyl sites for hydroxylation is 1. The molecule has 0 unspecified atom stereocenters. The molecule has 0 N–H and O–H groups in total. The van der Waals surface area contributed by atoms with Gasteiger partial charge in [-0.05, 0) is 61.5 Å². The van der Waals surface area contributed by atoms with Crippen molar-refractivity contribution in [2.75, 3.05) is 7.11 Å². The number of halogens is 1. The van der Waals surface area contributed by atoms with Crippen molar-refractivity contribution in [1.82, 2.24) is 8.96 Å². The van der Waals surface area contributed by atoms with Gasteiger partial charge < -0.3 is 9.47 Å². The molecule has 182 valence electrons. The zero-order valence-electron chi connectivity index (χ0n) is 19.4. The van der Waals surface area contributed by atoms with E-state index >= 15 is 0 Å². The first-order valence-electron chi connectivity index (χ1n) is 11.0. The number of fused-ring (bicyclic) bond motifs is 3. The highest BCUT2D eigenvalue weighted by molar-refractivity contribution is 7.90. The van der Waals surface area contributed by atoms with E-state index in [0.29, 0.717) is 50.2 Å². The third-order valence-electron chi connectivity index (χ3n) is 5.88. The minimum Gasteiger partial charge on any atom is -0.457 e. The Morgan fingerprint density at radius 3 is 2.33 bits per heavy atom. The molecular formula is C27H21ClN2O5S. The monoisotopic (exact) mass is 520 g/mol. The van der Waals surface area contributed by atoms with E-state index in [1.807, 2.05) is 6.92 Å². The number of benzene rings is 3. The molecule has 0 aliphatic heterocycles. The fourth-order valence-electron chi connectivity index (χ4n) is 4.20. The van der Waals surface area contributed by atoms with E-state index in [1.54, 1.807) is 66.7 Å². The normalized spacial score (nSPS) is 11.8. The molecule has 0 saturated carbocycles. The highest BCUT2D eigenvalue weighted by Crippen LogP contribution is 2.38. The molecule has 0 amide bonds. The van der Waals surface area contributed by atoms with E-state index in [2.05, 4.69) is 4.98 Å². The molecule has 5 aromatic rings. The maximum Gasteiger partial charge on any atom is 0.268 e. The summed E-state index contributed by atoms with van der Waals surface area (Å²) in [5.74, 6) is 1.06. The molecule has 2 heterocycles. The zero-order chi connectivity index (χ0) is 25.4. The topological polar surface area (TPSA) is 87.5 Å². The van der Waals surface area contributed by atoms with Gasteiger partial charge >= 0.3 is 0 Å². The second kappa shape index (κ2) is 9.39. The van der Waals surface area contributed by atoms with Gasteiger partial charge in [-0.15, -0.1) is 0 Å². The van der Waals surface area contributed by atoms with Gasteiger partial charge in [0, 0.05) is 28.5 Å². The van der Waals surface area contributed by atoms with Gasteiger partial charge in [0.25, 0.3) is 10.0 Å². The van der Waals surface area contributed by atoms with Crippen LogP contribution in [-0.4, -0.2) is 30.8 Å². The summed E-state index contributed by atoms with van der Waals surface area (Å²) in [6, 6.07) is 18.7. The number of hydrogen-bond donors (Lipinski definition) is 0. The molecule has 0 bridgehead atoms. The SMILES string of the molecule is COCc1c(C=O)ncc2c1c1cc(Oc3ccc(Cl)cc3)ccc1n2S(=O)(=O)c1ccc(C)cc1. The van der Waals surface area contributed by atoms with Crippen LogP contribution in [0, 0.1) is 6.92 Å². The Morgan fingerprint density at radius 1 is 0.972 bits per heavy atom. The molecule has 0 atom stereocenters. The minimum atomic E-state index is -4.00. The lowest BCUT2D eigenvalue weighted by Crippen LogP contribution is -2.13. The van der Waals surface area contributed by atoms with E-state index in [-0.39, 0.29) is 17.2 Å². The van der Waals surface area contributed by atoms with Crippen molar-refractivity contribution in [1.29, 1.82) is 0 Å². The van der Waals surface area contributed by atoms with Crippen molar-refractivity contribution < 1.29 is 22.7 Å². The van der Waals surface area contributed by atoms with Crippen LogP contribution >= 0.6 is 11.6 Å². The van der Waals surface area contributed by atoms with Gasteiger partial charge in [-0.3, -0.25) is 9.78 Å². The lowest BCUT2D eigenvalue weighted by Gasteiger charge is -2.11. The number of hydrogen-bond acceptors (Lipinski definition) is 6. The second-order valence-electron chi connectivity index (χ2n) is 8.25. The van der Waals surface area contributed by atoms with Crippen LogP contribution in [0.25, 0.3) is 21.8 Å². The van der Waals surface area contributed by atoms with Crippen molar-refractivity contribution in [2.24, 2.45) is 0 Å². The quantitative estimate of drug-likeness (QED) is 0.239. The summed E-state index contributed by atoms with van der Waals surface area (Å²) < 4.78 is 40.3. The Labute approximate surface area is 212 Å². The van der Waals surface area contributed by atoms with Crippen LogP contribution in [0.3, 0.4) is 0 Å². The summed E-state index contributed by atoms with van der Waals surface area (Å²) in [4.78, 5) is 16.2. The van der Waals surface area contributed by atoms with Gasteiger partial charge in [-0.1, -0.05) is 29.3 Å². The van der Waals surface area contributed by atoms with Gasteiger partial charge in [-0.25, -0.2) is 12.4 Å². The van der Waals surface area contributed by atoms with Crippen molar-refractivity contribution >= 4 is 49.7 Å². The average Bonchev–Trinajstić information content (AvgIpc) is 3.21. The average molecular weight is 521 g/mol. The number of nitrogens with zero attached hydrogens (tertiary/aromatic N) is 2. The lowest BCUT2D eigenvalue weighted by atomic mass is 10.1. The van der Waals surface area contributed by atoms with Crippen LogP contribution in [0.5, 0.6) is 11.5 Å². The van der Waals surface area contributed by atoms with Crippen molar-refractivity contribution in [3.8, 4) is 11.5 Å². The molecule has 36 heavy (non-hydrogen) atoms. The van der Waals surface area contributed by atoms with Crippen molar-refractivity contribution in [2.45, 2.75) is 18.4 Å². The van der Waals surface area contributed by atoms with Gasteiger partial charge in [0.05, 0.1) is 28.7 Å². The molecule has 2 aromatic heterocycles. The summed E-state index contributed by atoms with van der Waals surface area (Å²) in [7, 11) is -2.50. The summed E-state index contributed by atoms with van der Waals surface area (Å²) in [5.41, 5.74) is 2.39. The number of aldehydes is 1. The van der Waals surface area contributed by atoms with Gasteiger partial charge in [-0.2, -0.15) is 0 Å². The highest BCUT2D eigenvalue weighted by Gasteiger charge is 2.26. The fraction of sp³-hybridized carbons (Fsp3) is 0.111. The van der Waals surface area contributed by atoms with Gasteiger partial charge in [0.15, 0.2) is 6.29 Å². The summed E-state index contributed by atoms with van der Waals surface area (Å²) in [5, 5.41) is 1.73. The molecule has 0 spiro atoms. The van der Waals surface area contributed by atoms with Gasteiger partial charge in [0.2, 0.25) is 0 Å². The molecule has 0 aliphatic rings. The third-order valence-corrected chi connectivity index (χ3v) is 7.87. The highest BCUT2D eigenvalue weighted by atomic mass is 35.5. The van der Waals surface area contributed by atoms with Crippen molar-refractivity contribution in [3.05, 3.63) is 94.8 Å². The van der Waals surface area contributed by atoms with E-state index in [0.717, 1.165) is 5.56 Å². The predicted octanol–water partition coefficient (Wildman–Crippen LogP) is 6.14. The number of carbonyl (C=O) groups is 1. The number of rotatable bonds is 7. The molecule has 0 radical (unpaired) electrons. The maximum atomic E-state index is 13.9. The molecular weight excluding hydrogens is 500 g/mol. The molecule has 7 nitrogen and oxygen atoms in total. The molecule has 5 rings (SSSR count). The van der Waals surface area contributed by atoms with Crippen LogP contribution in [0.15, 0.2) is 77.8 Å². The van der Waals surface area contributed by atoms with E-state index in [1.165, 1.54) is 17.3 Å². The summed E-state index contributed by atoms with van der Waals surface area (Å²) in [6.45, 7) is 1.96. The van der Waals surface area contributed by atoms with E-state index < -0.39 is 10.0 Å². The molecule has 9 heteroatoms. The Hall–Kier alpha value is -3.72. The van der Waals surface area contributed by atoms with Gasteiger partial charge in [0.1, 0.15) is 17.2 Å². The standard InChI is InChI=1S/C27H21ClN2O5S/c1-17-3-10-21(11-4-17)36(32,33)30-25-12-9-20(35-19-7-5-18(28)6-8-19)13-22(25)27-23(16-34-2)24(15-31)29-14-26(27)30/h3-15H,16H2,1-2H3. The second-order valence-corrected chi connectivity index (χ2v) is 10.5. The number of methoxy groups -OCH3 is 1. The summed E-state index contributed by atoms with van der Waals surface area (Å²) >= 11 is 5.98. The smallest absolute Gasteiger partial charge is 0.268 e. The Kier molecular flexibility index (Phi) is 6.26. The van der Waals surface area contributed by atoms with Crippen LogP contribution in [0.4, 0.5) is 0 Å². The molecule has 0 saturated heterocycles. The van der Waals surface area contributed by atoms with Crippen LogP contribution < -0.4 is 4.74 Å². The number of pyridine rings is 1. The largest absolute Gasteiger partial charge is 0.457 e. The van der Waals surface area contributed by atoms with Crippen LogP contribution in [0.2, 0.25) is 5.02 Å². The molecule has 0 aliphatic carbocycles. The first-order valence-corrected chi connectivity index (χ1v) is 12.8. The Bertz CT molecular complexity index is 1710. The van der Waals surface area contributed by atoms with Crippen LogP contribution in [0.1, 0.15) is 21.6 Å². The lowest BCUT2D eigenvalue weighted by molar-refractivity contribution is 0.111. The van der Waals surface area contributed by atoms with E-state index in [4.69, 9.17) is 21.1 Å². The predicted molar refractivity (Wildman–Crippen MR) is 139 cm³/mol. The fourth-order valence-corrected chi connectivity index (χ4v) is 5.83. The van der Waals surface area contributed by atoms with E-state index in [9.17, 15) is 13.2 Å². The number of carbonyl (C=O) groups excluding carboxylic acids is 1. The number of aromatic nitrogens is 2. The Morgan fingerprint density at radius 2 is 1.67 bits per heavy atom. The minimum absolute atomic E-state index is 0.0738.